The Bertz CT molecular complexity index is 1010. The van der Waals surface area contributed by atoms with Crippen molar-refractivity contribution in [1.29, 1.82) is 0 Å². The van der Waals surface area contributed by atoms with E-state index in [1.807, 2.05) is 19.2 Å². The molecule has 0 amide bonds. The normalized spacial score (nSPS) is 12.0. The van der Waals surface area contributed by atoms with Crippen LogP contribution in [-0.4, -0.2) is 29.6 Å². The zero-order chi connectivity index (χ0) is 18.0. The number of sulfonamides is 1. The third-order valence-electron chi connectivity index (χ3n) is 3.86. The van der Waals surface area contributed by atoms with Gasteiger partial charge in [-0.2, -0.15) is 5.10 Å². The summed E-state index contributed by atoms with van der Waals surface area (Å²) in [5, 5.41) is 4.73. The van der Waals surface area contributed by atoms with Gasteiger partial charge < -0.3 is 0 Å². The van der Waals surface area contributed by atoms with Crippen molar-refractivity contribution in [3.05, 3.63) is 58.5 Å². The molecule has 0 fully saturated rings. The maximum atomic E-state index is 12.4. The van der Waals surface area contributed by atoms with Crippen LogP contribution in [0.15, 0.2) is 41.6 Å². The molecule has 132 valence electrons. The van der Waals surface area contributed by atoms with Crippen LogP contribution < -0.4 is 4.72 Å². The third kappa shape index (κ3) is 4.18. The summed E-state index contributed by atoms with van der Waals surface area (Å²) in [6, 6.07) is 6.75. The molecule has 0 atom stereocenters. The highest BCUT2D eigenvalue weighted by atomic mass is 35.5. The van der Waals surface area contributed by atoms with Crippen molar-refractivity contribution in [3.63, 3.8) is 0 Å². The minimum atomic E-state index is -3.57. The number of nitrogens with one attached hydrogen (secondary N) is 1. The van der Waals surface area contributed by atoms with Crippen LogP contribution in [0.3, 0.4) is 0 Å². The van der Waals surface area contributed by atoms with Gasteiger partial charge in [0.2, 0.25) is 10.0 Å². The van der Waals surface area contributed by atoms with E-state index in [0.29, 0.717) is 30.0 Å². The number of rotatable bonds is 6. The maximum absolute atomic E-state index is 12.4. The van der Waals surface area contributed by atoms with Gasteiger partial charge in [0.25, 0.3) is 0 Å². The monoisotopic (exact) mass is 378 g/mol. The first-order chi connectivity index (χ1) is 11.8. The molecule has 0 saturated carbocycles. The second-order valence-corrected chi connectivity index (χ2v) is 8.13. The van der Waals surface area contributed by atoms with Crippen molar-refractivity contribution in [3.8, 4) is 0 Å². The van der Waals surface area contributed by atoms with E-state index in [1.165, 1.54) is 6.07 Å². The van der Waals surface area contributed by atoms with Gasteiger partial charge in [-0.25, -0.2) is 22.6 Å². The molecular weight excluding hydrogens is 360 g/mol. The Labute approximate surface area is 151 Å². The van der Waals surface area contributed by atoms with Gasteiger partial charge in [0.05, 0.1) is 10.6 Å². The molecule has 3 rings (SSSR count). The molecule has 2 aromatic heterocycles. The topological polar surface area (TPSA) is 76.4 Å². The van der Waals surface area contributed by atoms with Gasteiger partial charge in [-0.1, -0.05) is 17.7 Å². The number of benzene rings is 1. The Morgan fingerprint density at radius 3 is 2.84 bits per heavy atom. The van der Waals surface area contributed by atoms with Crippen molar-refractivity contribution in [2.45, 2.75) is 31.6 Å². The first-order valence-corrected chi connectivity index (χ1v) is 9.78. The Kier molecular flexibility index (Phi) is 5.08. The predicted molar refractivity (Wildman–Crippen MR) is 97.4 cm³/mol. The van der Waals surface area contributed by atoms with E-state index in [9.17, 15) is 8.42 Å². The van der Waals surface area contributed by atoms with E-state index in [4.69, 9.17) is 11.6 Å². The quantitative estimate of drug-likeness (QED) is 0.669. The number of aromatic nitrogens is 3. The smallest absolute Gasteiger partial charge is 0.237 e. The van der Waals surface area contributed by atoms with Crippen LogP contribution >= 0.6 is 11.6 Å². The van der Waals surface area contributed by atoms with E-state index in [1.54, 1.807) is 29.8 Å². The average Bonchev–Trinajstić information content (AvgIpc) is 2.93. The summed E-state index contributed by atoms with van der Waals surface area (Å²) in [6.45, 7) is 4.00. The highest BCUT2D eigenvalue weighted by Gasteiger charge is 2.16. The first-order valence-electron chi connectivity index (χ1n) is 7.92. The molecule has 8 heteroatoms. The lowest BCUT2D eigenvalue weighted by Crippen LogP contribution is -2.25. The zero-order valence-electron chi connectivity index (χ0n) is 14.0. The van der Waals surface area contributed by atoms with Crippen molar-refractivity contribution < 1.29 is 8.42 Å². The van der Waals surface area contributed by atoms with Crippen molar-refractivity contribution in [2.24, 2.45) is 0 Å². The van der Waals surface area contributed by atoms with Crippen molar-refractivity contribution in [2.75, 3.05) is 6.54 Å². The molecule has 0 spiro atoms. The lowest BCUT2D eigenvalue weighted by Gasteiger charge is -2.09. The molecule has 0 radical (unpaired) electrons. The van der Waals surface area contributed by atoms with Crippen LogP contribution in [0.4, 0.5) is 0 Å². The lowest BCUT2D eigenvalue weighted by atomic mass is 10.2. The highest BCUT2D eigenvalue weighted by molar-refractivity contribution is 7.89. The minimum absolute atomic E-state index is 0.218. The molecule has 0 unspecified atom stereocenters. The summed E-state index contributed by atoms with van der Waals surface area (Å²) in [7, 11) is -3.57. The average molecular weight is 379 g/mol. The Hall–Kier alpha value is -1.96. The fourth-order valence-electron chi connectivity index (χ4n) is 2.60. The number of nitrogens with zero attached hydrogens (tertiary/aromatic N) is 3. The van der Waals surface area contributed by atoms with Crippen molar-refractivity contribution in [1.82, 2.24) is 19.3 Å². The van der Waals surface area contributed by atoms with E-state index in [0.717, 1.165) is 16.9 Å². The predicted octanol–water partition coefficient (Wildman–Crippen LogP) is 2.91. The van der Waals surface area contributed by atoms with Gasteiger partial charge >= 0.3 is 0 Å². The van der Waals surface area contributed by atoms with E-state index < -0.39 is 10.0 Å². The Balaban J connectivity index is 1.60. The molecule has 3 aromatic rings. The van der Waals surface area contributed by atoms with Gasteiger partial charge in [-0.05, 0) is 49.9 Å². The molecule has 1 aromatic carbocycles. The fraction of sp³-hybridized carbons (Fsp3) is 0.294. The first kappa shape index (κ1) is 17.8. The lowest BCUT2D eigenvalue weighted by molar-refractivity contribution is 0.578. The standard InChI is InChI=1S/C17H19ClN4O2S/c1-12-5-6-15(18)9-16(12)25(23,24)20-7-3-4-14-10-19-17-8-13(2)21-22(17)11-14/h5-6,8-11,20H,3-4,7H2,1-2H3. The summed E-state index contributed by atoms with van der Waals surface area (Å²) >= 11 is 5.91. The van der Waals surface area contributed by atoms with Crippen LogP contribution in [0, 0.1) is 13.8 Å². The fourth-order valence-corrected chi connectivity index (χ4v) is 4.18. The Morgan fingerprint density at radius 1 is 1.24 bits per heavy atom. The van der Waals surface area contributed by atoms with Crippen molar-refractivity contribution >= 4 is 27.3 Å². The molecule has 6 nitrogen and oxygen atoms in total. The molecule has 0 saturated heterocycles. The summed E-state index contributed by atoms with van der Waals surface area (Å²) < 4.78 is 29.2. The van der Waals surface area contributed by atoms with Crippen LogP contribution in [-0.2, 0) is 16.4 Å². The molecule has 0 aliphatic carbocycles. The maximum Gasteiger partial charge on any atom is 0.240 e. The van der Waals surface area contributed by atoms with Crippen LogP contribution in [0.2, 0.25) is 5.02 Å². The third-order valence-corrected chi connectivity index (χ3v) is 5.70. The van der Waals surface area contributed by atoms with Crippen LogP contribution in [0.1, 0.15) is 23.2 Å². The summed E-state index contributed by atoms with van der Waals surface area (Å²) in [4.78, 5) is 4.56. The summed E-state index contributed by atoms with van der Waals surface area (Å²) in [5.41, 5.74) is 3.39. The molecule has 2 heterocycles. The SMILES string of the molecule is Cc1cc2ncc(CCCNS(=O)(=O)c3cc(Cl)ccc3C)cn2n1. The summed E-state index contributed by atoms with van der Waals surface area (Å²) in [5.74, 6) is 0. The number of fused-ring (bicyclic) bond motifs is 1. The second kappa shape index (κ2) is 7.11. The number of hydrogen-bond donors (Lipinski definition) is 1. The second-order valence-electron chi connectivity index (χ2n) is 5.96. The molecule has 25 heavy (non-hydrogen) atoms. The van der Waals surface area contributed by atoms with Gasteiger partial charge in [-0.15, -0.1) is 0 Å². The van der Waals surface area contributed by atoms with E-state index in [2.05, 4.69) is 14.8 Å². The molecular formula is C17H19ClN4O2S. The zero-order valence-corrected chi connectivity index (χ0v) is 15.6. The molecule has 0 bridgehead atoms. The highest BCUT2D eigenvalue weighted by Crippen LogP contribution is 2.20. The minimum Gasteiger partial charge on any atom is -0.237 e. The summed E-state index contributed by atoms with van der Waals surface area (Å²) in [6.07, 6.45) is 5.09. The van der Waals surface area contributed by atoms with E-state index >= 15 is 0 Å². The number of halogens is 1. The van der Waals surface area contributed by atoms with Crippen LogP contribution in [0.5, 0.6) is 0 Å². The largest absolute Gasteiger partial charge is 0.240 e. The van der Waals surface area contributed by atoms with Gasteiger partial charge in [-0.3, -0.25) is 0 Å². The van der Waals surface area contributed by atoms with Crippen LogP contribution in [0.25, 0.3) is 5.65 Å². The Morgan fingerprint density at radius 2 is 2.04 bits per heavy atom. The molecule has 0 aliphatic rings. The van der Waals surface area contributed by atoms with Gasteiger partial charge in [0, 0.05) is 30.0 Å². The molecule has 0 aliphatic heterocycles. The van der Waals surface area contributed by atoms with E-state index in [-0.39, 0.29) is 4.90 Å². The van der Waals surface area contributed by atoms with Gasteiger partial charge in [0.15, 0.2) is 5.65 Å². The number of aryl methyl sites for hydroxylation is 3. The van der Waals surface area contributed by atoms with Gasteiger partial charge in [0.1, 0.15) is 0 Å². The molecule has 1 N–H and O–H groups in total. The number of hydrogen-bond acceptors (Lipinski definition) is 4.